The number of aliphatic hydroxyl groups is 1. The van der Waals surface area contributed by atoms with E-state index in [2.05, 4.69) is 22.9 Å². The Morgan fingerprint density at radius 1 is 1.09 bits per heavy atom. The number of aryl methyl sites for hydroxylation is 1. The summed E-state index contributed by atoms with van der Waals surface area (Å²) in [5, 5.41) is 17.7. The molecule has 1 aliphatic heterocycles. The summed E-state index contributed by atoms with van der Waals surface area (Å²) < 4.78 is 10.2. The van der Waals surface area contributed by atoms with E-state index in [1.165, 1.54) is 0 Å². The molecule has 0 bridgehead atoms. The monoisotopic (exact) mass is 344 g/mol. The van der Waals surface area contributed by atoms with E-state index >= 15 is 0 Å². The quantitative estimate of drug-likeness (QED) is 0.706. The summed E-state index contributed by atoms with van der Waals surface area (Å²) in [6.07, 6.45) is 4.32. The second-order valence-electron chi connectivity index (χ2n) is 4.85. The maximum Gasteiger partial charge on any atom is 0.217 e. The molecule has 118 valence electrons. The first-order valence-electron chi connectivity index (χ1n) is 7.06. The predicted molar refractivity (Wildman–Crippen MR) is 94.3 cm³/mol. The zero-order chi connectivity index (χ0) is 16.1. The Kier molecular flexibility index (Phi) is 5.12. The normalized spacial score (nSPS) is 15.9. The molecule has 1 aliphatic rings. The Labute approximate surface area is 142 Å². The highest BCUT2D eigenvalue weighted by atomic mass is 32.1. The summed E-state index contributed by atoms with van der Waals surface area (Å²) in [6, 6.07) is 7.91. The van der Waals surface area contributed by atoms with Gasteiger partial charge >= 0.3 is 0 Å². The Balaban J connectivity index is 0.000000220. The molecule has 5 heteroatoms. The van der Waals surface area contributed by atoms with Crippen LogP contribution in [-0.2, 0) is 4.74 Å². The molecule has 23 heavy (non-hydrogen) atoms. The van der Waals surface area contributed by atoms with E-state index in [9.17, 15) is 5.11 Å². The van der Waals surface area contributed by atoms with Crippen molar-refractivity contribution >= 4 is 28.2 Å². The molecule has 3 nitrogen and oxygen atoms in total. The fraction of sp³-hybridized carbons (Fsp3) is 0.111. The lowest BCUT2D eigenvalue weighted by molar-refractivity contribution is -0.00948. The highest BCUT2D eigenvalue weighted by Gasteiger charge is 2.18. The highest BCUT2D eigenvalue weighted by Crippen LogP contribution is 2.33. The zero-order valence-corrected chi connectivity index (χ0v) is 14.1. The van der Waals surface area contributed by atoms with Gasteiger partial charge in [-0.25, -0.2) is 0 Å². The van der Waals surface area contributed by atoms with Crippen molar-refractivity contribution in [2.75, 3.05) is 0 Å². The van der Waals surface area contributed by atoms with Gasteiger partial charge in [0.05, 0.1) is 6.26 Å². The van der Waals surface area contributed by atoms with Crippen molar-refractivity contribution in [2.45, 2.75) is 13.2 Å². The molecule has 4 heterocycles. The fourth-order valence-corrected chi connectivity index (χ4v) is 3.44. The molecule has 3 aromatic heterocycles. The van der Waals surface area contributed by atoms with Crippen LogP contribution in [0.25, 0.3) is 5.57 Å². The van der Waals surface area contributed by atoms with E-state index in [4.69, 9.17) is 9.15 Å². The van der Waals surface area contributed by atoms with Crippen LogP contribution in [0, 0.1) is 6.92 Å². The number of thiophene rings is 2. The lowest BCUT2D eigenvalue weighted by atomic mass is 10.0. The number of rotatable bonds is 2. The third-order valence-corrected chi connectivity index (χ3v) is 4.56. The first kappa shape index (κ1) is 15.8. The van der Waals surface area contributed by atoms with Crippen LogP contribution >= 0.6 is 22.7 Å². The van der Waals surface area contributed by atoms with Crippen molar-refractivity contribution in [1.82, 2.24) is 0 Å². The minimum absolute atomic E-state index is 0.731. The first-order valence-corrected chi connectivity index (χ1v) is 8.95. The van der Waals surface area contributed by atoms with Crippen molar-refractivity contribution in [3.8, 4) is 0 Å². The van der Waals surface area contributed by atoms with Crippen LogP contribution in [0.5, 0.6) is 0 Å². The van der Waals surface area contributed by atoms with Gasteiger partial charge in [0.25, 0.3) is 0 Å². The van der Waals surface area contributed by atoms with E-state index in [1.54, 1.807) is 35.0 Å². The van der Waals surface area contributed by atoms with E-state index in [0.717, 1.165) is 28.2 Å². The van der Waals surface area contributed by atoms with Crippen LogP contribution in [0.2, 0.25) is 0 Å². The Bertz CT molecular complexity index is 730. The number of furan rings is 1. The average Bonchev–Trinajstić information content (AvgIpc) is 3.29. The van der Waals surface area contributed by atoms with Crippen LogP contribution in [0.3, 0.4) is 0 Å². The molecule has 0 saturated heterocycles. The molecule has 1 N–H and O–H groups in total. The predicted octanol–water partition coefficient (Wildman–Crippen LogP) is 5.06. The lowest BCUT2D eigenvalue weighted by Crippen LogP contribution is -2.01. The number of ether oxygens (including phenoxy) is 1. The topological polar surface area (TPSA) is 42.6 Å². The van der Waals surface area contributed by atoms with Crippen molar-refractivity contribution in [1.29, 1.82) is 0 Å². The van der Waals surface area contributed by atoms with Gasteiger partial charge in [0, 0.05) is 5.57 Å². The Hall–Kier alpha value is -2.08. The van der Waals surface area contributed by atoms with Crippen LogP contribution in [0.1, 0.15) is 16.9 Å². The molecule has 0 aromatic carbocycles. The molecule has 3 aromatic rings. The average molecular weight is 344 g/mol. The zero-order valence-electron chi connectivity index (χ0n) is 12.5. The molecule has 1 atom stereocenters. The Morgan fingerprint density at radius 2 is 1.78 bits per heavy atom. The van der Waals surface area contributed by atoms with Crippen LogP contribution in [0.15, 0.2) is 74.4 Å². The molecule has 0 spiro atoms. The van der Waals surface area contributed by atoms with Crippen molar-refractivity contribution < 1.29 is 14.3 Å². The van der Waals surface area contributed by atoms with Crippen molar-refractivity contribution in [3.05, 3.63) is 86.8 Å². The third-order valence-electron chi connectivity index (χ3n) is 3.19. The number of allylic oxidation sites excluding steroid dienone is 1. The molecule has 0 aliphatic carbocycles. The molecular weight excluding hydrogens is 328 g/mol. The van der Waals surface area contributed by atoms with E-state index in [1.807, 2.05) is 35.9 Å². The smallest absolute Gasteiger partial charge is 0.217 e. The largest absolute Gasteiger partial charge is 0.470 e. The second-order valence-corrected chi connectivity index (χ2v) is 6.41. The number of hydrogen-bond donors (Lipinski definition) is 1. The fourth-order valence-electron chi connectivity index (χ4n) is 2.15. The van der Waals surface area contributed by atoms with Crippen LogP contribution < -0.4 is 0 Å². The summed E-state index contributed by atoms with van der Waals surface area (Å²) >= 11 is 3.30. The van der Waals surface area contributed by atoms with Crippen LogP contribution in [-0.4, -0.2) is 11.4 Å². The molecule has 0 radical (unpaired) electrons. The SMILES string of the molecule is Cc1ccco1.OC1C=CC(=C(c2ccsc2)c2ccsc2)O1. The van der Waals surface area contributed by atoms with Gasteiger partial charge in [-0.1, -0.05) is 0 Å². The minimum Gasteiger partial charge on any atom is -0.470 e. The van der Waals surface area contributed by atoms with Gasteiger partial charge in [-0.2, -0.15) is 22.7 Å². The standard InChI is InChI=1S/C13H10O2S2.C5H6O/c14-12-2-1-11(15-12)13(9-3-5-16-7-9)10-4-6-17-8-10;1-5-3-2-4-6-5/h1-8,12,14H;2-4H,1H3. The molecule has 0 fully saturated rings. The Morgan fingerprint density at radius 3 is 2.13 bits per heavy atom. The summed E-state index contributed by atoms with van der Waals surface area (Å²) in [6.45, 7) is 1.92. The van der Waals surface area contributed by atoms with Gasteiger partial charge in [-0.15, -0.1) is 0 Å². The third kappa shape index (κ3) is 4.01. The van der Waals surface area contributed by atoms with Crippen molar-refractivity contribution in [3.63, 3.8) is 0 Å². The van der Waals surface area contributed by atoms with E-state index in [-0.39, 0.29) is 0 Å². The summed E-state index contributed by atoms with van der Waals surface area (Å²) in [5.74, 6) is 1.70. The summed E-state index contributed by atoms with van der Waals surface area (Å²) in [4.78, 5) is 0. The van der Waals surface area contributed by atoms with E-state index in [0.29, 0.717) is 0 Å². The van der Waals surface area contributed by atoms with Crippen LogP contribution in [0.4, 0.5) is 0 Å². The van der Waals surface area contributed by atoms with Gasteiger partial charge in [0.15, 0.2) is 0 Å². The number of hydrogen-bond acceptors (Lipinski definition) is 5. The lowest BCUT2D eigenvalue weighted by Gasteiger charge is -2.09. The highest BCUT2D eigenvalue weighted by molar-refractivity contribution is 7.08. The maximum absolute atomic E-state index is 9.41. The van der Waals surface area contributed by atoms with Crippen molar-refractivity contribution in [2.24, 2.45) is 0 Å². The van der Waals surface area contributed by atoms with E-state index < -0.39 is 6.29 Å². The van der Waals surface area contributed by atoms with Gasteiger partial charge in [-0.3, -0.25) is 0 Å². The number of aliphatic hydroxyl groups excluding tert-OH is 1. The van der Waals surface area contributed by atoms with Gasteiger partial charge in [0.2, 0.25) is 6.29 Å². The molecule has 1 unspecified atom stereocenters. The molecule has 0 saturated carbocycles. The molecular formula is C18H16O3S2. The summed E-state index contributed by atoms with van der Waals surface area (Å²) in [7, 11) is 0. The molecule has 4 rings (SSSR count). The maximum atomic E-state index is 9.41. The first-order chi connectivity index (χ1) is 11.2. The van der Waals surface area contributed by atoms with Gasteiger partial charge in [-0.05, 0) is 76.0 Å². The van der Waals surface area contributed by atoms with Gasteiger partial charge in [0.1, 0.15) is 11.5 Å². The van der Waals surface area contributed by atoms with Gasteiger partial charge < -0.3 is 14.3 Å². The summed E-state index contributed by atoms with van der Waals surface area (Å²) in [5.41, 5.74) is 3.30. The molecule has 0 amide bonds. The second kappa shape index (κ2) is 7.46. The minimum atomic E-state index is -0.822.